The van der Waals surface area contributed by atoms with Crippen LogP contribution in [-0.4, -0.2) is 15.1 Å². The highest BCUT2D eigenvalue weighted by Gasteiger charge is 2.24. The highest BCUT2D eigenvalue weighted by molar-refractivity contribution is 14.1. The van der Waals surface area contributed by atoms with Crippen molar-refractivity contribution in [1.29, 1.82) is 0 Å². The quantitative estimate of drug-likeness (QED) is 0.260. The second-order valence-corrected chi connectivity index (χ2v) is 6.79. The average molecular weight is 461 g/mol. The molecular weight excluding hydrogens is 454 g/mol. The number of ether oxygens (including phenoxy) is 1. The van der Waals surface area contributed by atoms with Crippen LogP contribution in [-0.2, 0) is 7.80 Å². The molecule has 1 aliphatic carbocycles. The number of rotatable bonds is 1. The van der Waals surface area contributed by atoms with E-state index in [1.165, 1.54) is 23.0 Å². The van der Waals surface area contributed by atoms with E-state index in [1.54, 1.807) is 6.92 Å². The number of alkyl halides is 2. The molecule has 0 aromatic heterocycles. The monoisotopic (exact) mass is 460 g/mol. The number of allylic oxidation sites excluding steroid dienone is 2. The predicted octanol–water partition coefficient (Wildman–Crippen LogP) is 3.59. The molecule has 70 valence electrons. The summed E-state index contributed by atoms with van der Waals surface area (Å²) in [6, 6.07) is 0. The molecule has 6 heteroatoms. The largest absolute Gasteiger partial charge is 0.517 e. The van der Waals surface area contributed by atoms with Gasteiger partial charge in [-0.05, 0) is 6.92 Å². The Labute approximate surface area is 107 Å². The molecule has 0 fully saturated rings. The predicted molar refractivity (Wildman–Crippen MR) is 66.9 cm³/mol. The Morgan fingerprint density at radius 1 is 1.67 bits per heavy atom. The highest BCUT2D eigenvalue weighted by Crippen LogP contribution is 2.40. The Bertz CT molecular complexity index is 174. The molecule has 3 nitrogen and oxygen atoms in total. The van der Waals surface area contributed by atoms with Crippen molar-refractivity contribution < 1.29 is 12.6 Å². The van der Waals surface area contributed by atoms with Crippen LogP contribution in [0.1, 0.15) is 6.92 Å². The van der Waals surface area contributed by atoms with Crippen molar-refractivity contribution in [1.82, 2.24) is 0 Å². The van der Waals surface area contributed by atoms with Gasteiger partial charge in [0.1, 0.15) is 2.33 Å². The van der Waals surface area contributed by atoms with E-state index in [0.29, 0.717) is 6.61 Å². The molecule has 0 unspecified atom stereocenters. The number of carbonyl (C=O) groups is 1. The average Bonchev–Trinajstić information content (AvgIpc) is 2.68. The first-order chi connectivity index (χ1) is 5.52. The van der Waals surface area contributed by atoms with Crippen LogP contribution >= 0.6 is 61.5 Å². The minimum atomic E-state index is -0.636. The second kappa shape index (κ2) is 6.41. The van der Waals surface area contributed by atoms with Gasteiger partial charge < -0.3 is 7.80 Å². The van der Waals surface area contributed by atoms with Gasteiger partial charge in [-0.25, -0.2) is 4.79 Å². The Balaban J connectivity index is 0.000000211. The SMILES string of the molecule is BrC1(I)C=C1.CCOC(=O)OI. The molecule has 0 aromatic carbocycles. The lowest BCUT2D eigenvalue weighted by Gasteiger charge is -1.92. The number of hydrogen-bond donors (Lipinski definition) is 0. The Morgan fingerprint density at radius 2 is 2.08 bits per heavy atom. The van der Waals surface area contributed by atoms with Crippen LogP contribution in [0.4, 0.5) is 4.79 Å². The van der Waals surface area contributed by atoms with Gasteiger partial charge in [0, 0.05) is 0 Å². The zero-order valence-corrected chi connectivity index (χ0v) is 12.1. The van der Waals surface area contributed by atoms with Crippen LogP contribution in [0.25, 0.3) is 0 Å². The van der Waals surface area contributed by atoms with Crippen LogP contribution < -0.4 is 0 Å². The maximum atomic E-state index is 9.96. The third kappa shape index (κ3) is 9.04. The number of halogens is 3. The molecule has 0 aromatic rings. The summed E-state index contributed by atoms with van der Waals surface area (Å²) in [5.41, 5.74) is 0. The van der Waals surface area contributed by atoms with Crippen molar-refractivity contribution >= 4 is 67.7 Å². The maximum Gasteiger partial charge on any atom is 0.517 e. The fraction of sp³-hybridized carbons (Fsp3) is 0.500. The fourth-order valence-electron chi connectivity index (χ4n) is 0.203. The summed E-state index contributed by atoms with van der Waals surface area (Å²) in [4.78, 5) is 9.96. The number of hydrogen-bond acceptors (Lipinski definition) is 3. The van der Waals surface area contributed by atoms with E-state index in [2.05, 4.69) is 58.5 Å². The van der Waals surface area contributed by atoms with E-state index in [-0.39, 0.29) is 2.33 Å². The standard InChI is InChI=1S/C3H2BrI.C3H5IO3/c4-3(5)1-2-3;1-2-6-3(5)7-4/h1-2H;2H2,1H3. The maximum absolute atomic E-state index is 9.96. The van der Waals surface area contributed by atoms with E-state index in [1.807, 2.05) is 0 Å². The molecule has 0 spiro atoms. The van der Waals surface area contributed by atoms with Crippen molar-refractivity contribution in [3.63, 3.8) is 0 Å². The summed E-state index contributed by atoms with van der Waals surface area (Å²) in [6.07, 6.45) is 3.55. The van der Waals surface area contributed by atoms with E-state index >= 15 is 0 Å². The lowest BCUT2D eigenvalue weighted by Crippen LogP contribution is -1.98. The summed E-state index contributed by atoms with van der Waals surface area (Å²) in [5, 5.41) is 0. The molecule has 0 atom stereocenters. The molecule has 0 N–H and O–H groups in total. The summed E-state index contributed by atoms with van der Waals surface area (Å²) < 4.78 is 8.70. The molecule has 0 amide bonds. The van der Waals surface area contributed by atoms with Crippen LogP contribution in [0.3, 0.4) is 0 Å². The zero-order chi connectivity index (χ0) is 9.61. The van der Waals surface area contributed by atoms with Crippen LogP contribution in [0.5, 0.6) is 0 Å². The van der Waals surface area contributed by atoms with Gasteiger partial charge in [0.15, 0.2) is 23.0 Å². The Hall–Kier alpha value is 0.950. The molecule has 0 radical (unpaired) electrons. The van der Waals surface area contributed by atoms with Gasteiger partial charge in [0.2, 0.25) is 0 Å². The van der Waals surface area contributed by atoms with E-state index in [4.69, 9.17) is 0 Å². The third-order valence-corrected chi connectivity index (χ3v) is 2.35. The fourth-order valence-corrected chi connectivity index (χ4v) is 0.642. The Morgan fingerprint density at radius 3 is 2.17 bits per heavy atom. The van der Waals surface area contributed by atoms with Crippen LogP contribution in [0, 0.1) is 0 Å². The van der Waals surface area contributed by atoms with Gasteiger partial charge in [-0.15, -0.1) is 0 Å². The summed E-state index contributed by atoms with van der Waals surface area (Å²) in [6.45, 7) is 2.08. The minimum Gasteiger partial charge on any atom is -0.434 e. The number of carbonyl (C=O) groups excluding carboxylic acids is 1. The Kier molecular flexibility index (Phi) is 6.92. The van der Waals surface area contributed by atoms with Gasteiger partial charge in [0.05, 0.1) is 6.61 Å². The molecule has 1 rings (SSSR count). The van der Waals surface area contributed by atoms with Gasteiger partial charge >= 0.3 is 6.16 Å². The molecule has 0 aliphatic heterocycles. The van der Waals surface area contributed by atoms with Crippen LogP contribution in [0.15, 0.2) is 12.2 Å². The highest BCUT2D eigenvalue weighted by atomic mass is 127. The lowest BCUT2D eigenvalue weighted by molar-refractivity contribution is 0.118. The van der Waals surface area contributed by atoms with Gasteiger partial charge in [-0.3, -0.25) is 0 Å². The van der Waals surface area contributed by atoms with Gasteiger partial charge in [0.25, 0.3) is 0 Å². The second-order valence-electron chi connectivity index (χ2n) is 1.77. The van der Waals surface area contributed by atoms with E-state index in [0.717, 1.165) is 0 Å². The smallest absolute Gasteiger partial charge is 0.434 e. The van der Waals surface area contributed by atoms with E-state index in [9.17, 15) is 4.79 Å². The third-order valence-electron chi connectivity index (χ3n) is 0.744. The zero-order valence-electron chi connectivity index (χ0n) is 6.22. The molecule has 1 aliphatic rings. The normalized spacial score (nSPS) is 15.7. The van der Waals surface area contributed by atoms with Crippen LogP contribution in [0.2, 0.25) is 0 Å². The first-order valence-corrected chi connectivity index (χ1v) is 5.80. The molecule has 12 heavy (non-hydrogen) atoms. The molecule has 0 bridgehead atoms. The minimum absolute atomic E-state index is 0.282. The molecule has 0 saturated carbocycles. The van der Waals surface area contributed by atoms with Crippen molar-refractivity contribution in [2.24, 2.45) is 0 Å². The van der Waals surface area contributed by atoms with Crippen molar-refractivity contribution in [2.75, 3.05) is 6.61 Å². The lowest BCUT2D eigenvalue weighted by atomic mass is 10.9. The summed E-state index contributed by atoms with van der Waals surface area (Å²) in [7, 11) is 0. The van der Waals surface area contributed by atoms with Crippen molar-refractivity contribution in [3.05, 3.63) is 12.2 Å². The topological polar surface area (TPSA) is 35.5 Å². The molecular formula is C6H7BrI2O3. The summed E-state index contributed by atoms with van der Waals surface area (Å²) >= 11 is 7.12. The summed E-state index contributed by atoms with van der Waals surface area (Å²) in [5.74, 6) is 0. The van der Waals surface area contributed by atoms with Gasteiger partial charge in [-0.2, -0.15) is 0 Å². The molecule has 0 saturated heterocycles. The van der Waals surface area contributed by atoms with E-state index < -0.39 is 6.16 Å². The van der Waals surface area contributed by atoms with Crippen molar-refractivity contribution in [3.8, 4) is 0 Å². The first-order valence-electron chi connectivity index (χ1n) is 3.05. The molecule has 0 heterocycles. The van der Waals surface area contributed by atoms with Gasteiger partial charge in [-0.1, -0.05) is 50.7 Å². The first kappa shape index (κ1) is 12.9. The van der Waals surface area contributed by atoms with Crippen molar-refractivity contribution in [2.45, 2.75) is 9.25 Å².